The molecule has 0 aromatic heterocycles. The van der Waals surface area contributed by atoms with Crippen LogP contribution < -0.4 is 10.1 Å². The molecule has 19 heavy (non-hydrogen) atoms. The van der Waals surface area contributed by atoms with Crippen LogP contribution in [0.4, 0.5) is 5.69 Å². The maximum Gasteiger partial charge on any atom is 0.120 e. The van der Waals surface area contributed by atoms with Crippen molar-refractivity contribution in [3.05, 3.63) is 57.0 Å². The van der Waals surface area contributed by atoms with Crippen molar-refractivity contribution in [2.45, 2.75) is 0 Å². The van der Waals surface area contributed by atoms with Gasteiger partial charge in [0.25, 0.3) is 0 Å². The molecule has 0 saturated carbocycles. The fourth-order valence-corrected chi connectivity index (χ4v) is 2.48. The van der Waals surface area contributed by atoms with E-state index in [1.54, 1.807) is 12.1 Å². The van der Waals surface area contributed by atoms with Gasteiger partial charge in [-0.05, 0) is 30.3 Å². The highest BCUT2D eigenvalue weighted by Crippen LogP contribution is 2.29. The van der Waals surface area contributed by atoms with Gasteiger partial charge in [-0.25, -0.2) is 0 Å². The Hall–Kier alpha value is -0.900. The SMILES string of the molecule is Clc1cccc(Cl)c1NCCOc1cccc(Br)c1. The molecule has 0 saturated heterocycles. The van der Waals surface area contributed by atoms with Gasteiger partial charge < -0.3 is 10.1 Å². The number of hydrogen-bond acceptors (Lipinski definition) is 2. The molecule has 0 fully saturated rings. The Morgan fingerprint density at radius 3 is 2.42 bits per heavy atom. The van der Waals surface area contributed by atoms with Gasteiger partial charge in [0.15, 0.2) is 0 Å². The summed E-state index contributed by atoms with van der Waals surface area (Å²) in [5.41, 5.74) is 0.740. The number of para-hydroxylation sites is 1. The molecule has 5 heteroatoms. The van der Waals surface area contributed by atoms with Crippen molar-refractivity contribution in [3.63, 3.8) is 0 Å². The van der Waals surface area contributed by atoms with Crippen LogP contribution in [0, 0.1) is 0 Å². The first-order chi connectivity index (χ1) is 9.16. The molecule has 0 aliphatic rings. The van der Waals surface area contributed by atoms with Gasteiger partial charge in [-0.15, -0.1) is 0 Å². The minimum atomic E-state index is 0.526. The van der Waals surface area contributed by atoms with Gasteiger partial charge in [-0.3, -0.25) is 0 Å². The second-order valence-electron chi connectivity index (χ2n) is 3.83. The monoisotopic (exact) mass is 359 g/mol. The molecule has 0 spiro atoms. The molecule has 1 N–H and O–H groups in total. The standard InChI is InChI=1S/C14H12BrCl2NO/c15-10-3-1-4-11(9-10)19-8-7-18-14-12(16)5-2-6-13(14)17/h1-6,9,18H,7-8H2. The molecule has 0 bridgehead atoms. The molecule has 0 amide bonds. The molecular formula is C14H12BrCl2NO. The van der Waals surface area contributed by atoms with E-state index in [1.165, 1.54) is 0 Å². The lowest BCUT2D eigenvalue weighted by molar-refractivity contribution is 0.332. The van der Waals surface area contributed by atoms with Crippen molar-refractivity contribution in [2.75, 3.05) is 18.5 Å². The van der Waals surface area contributed by atoms with Gasteiger partial charge >= 0.3 is 0 Å². The van der Waals surface area contributed by atoms with Crippen LogP contribution in [0.2, 0.25) is 10.0 Å². The number of hydrogen-bond donors (Lipinski definition) is 1. The molecule has 0 unspecified atom stereocenters. The van der Waals surface area contributed by atoms with Gasteiger partial charge in [-0.1, -0.05) is 51.3 Å². The van der Waals surface area contributed by atoms with Crippen molar-refractivity contribution in [3.8, 4) is 5.75 Å². The summed E-state index contributed by atoms with van der Waals surface area (Å²) in [6, 6.07) is 13.1. The summed E-state index contributed by atoms with van der Waals surface area (Å²) in [5.74, 6) is 0.821. The first-order valence-corrected chi connectivity index (χ1v) is 7.28. The average Bonchev–Trinajstić information content (AvgIpc) is 2.37. The molecule has 2 aromatic carbocycles. The summed E-state index contributed by atoms with van der Waals surface area (Å²) in [7, 11) is 0. The molecule has 2 nitrogen and oxygen atoms in total. The van der Waals surface area contributed by atoms with Gasteiger partial charge in [0, 0.05) is 11.0 Å². The Morgan fingerprint density at radius 1 is 1.05 bits per heavy atom. The van der Waals surface area contributed by atoms with E-state index in [-0.39, 0.29) is 0 Å². The number of nitrogens with one attached hydrogen (secondary N) is 1. The zero-order valence-corrected chi connectivity index (χ0v) is 13.1. The number of halogens is 3. The van der Waals surface area contributed by atoms with Gasteiger partial charge in [0.1, 0.15) is 12.4 Å². The number of anilines is 1. The molecule has 0 aliphatic heterocycles. The zero-order valence-electron chi connectivity index (χ0n) is 10.00. The second-order valence-corrected chi connectivity index (χ2v) is 5.56. The Balaban J connectivity index is 1.84. The van der Waals surface area contributed by atoms with Crippen molar-refractivity contribution < 1.29 is 4.74 Å². The highest BCUT2D eigenvalue weighted by atomic mass is 79.9. The van der Waals surface area contributed by atoms with E-state index in [2.05, 4.69) is 21.2 Å². The largest absolute Gasteiger partial charge is 0.492 e. The van der Waals surface area contributed by atoms with Crippen molar-refractivity contribution in [1.82, 2.24) is 0 Å². The first kappa shape index (κ1) is 14.5. The average molecular weight is 361 g/mol. The summed E-state index contributed by atoms with van der Waals surface area (Å²) in [4.78, 5) is 0. The Bertz CT molecular complexity index is 543. The minimum Gasteiger partial charge on any atom is -0.492 e. The van der Waals surface area contributed by atoms with E-state index in [9.17, 15) is 0 Å². The van der Waals surface area contributed by atoms with Crippen LogP contribution in [0.25, 0.3) is 0 Å². The van der Waals surface area contributed by atoms with Gasteiger partial charge in [0.2, 0.25) is 0 Å². The lowest BCUT2D eigenvalue weighted by atomic mass is 10.3. The predicted molar refractivity (Wildman–Crippen MR) is 84.6 cm³/mol. The van der Waals surface area contributed by atoms with Crippen LogP contribution in [0.1, 0.15) is 0 Å². The minimum absolute atomic E-state index is 0.526. The number of rotatable bonds is 5. The van der Waals surface area contributed by atoms with Crippen LogP contribution in [-0.2, 0) is 0 Å². The van der Waals surface area contributed by atoms with Crippen LogP contribution in [0.3, 0.4) is 0 Å². The summed E-state index contributed by atoms with van der Waals surface area (Å²) in [6.45, 7) is 1.15. The fraction of sp³-hybridized carbons (Fsp3) is 0.143. The van der Waals surface area contributed by atoms with E-state index in [0.29, 0.717) is 23.2 Å². The summed E-state index contributed by atoms with van der Waals surface area (Å²) < 4.78 is 6.60. The van der Waals surface area contributed by atoms with Crippen molar-refractivity contribution >= 4 is 44.8 Å². The molecule has 0 atom stereocenters. The molecule has 2 aromatic rings. The molecule has 0 aliphatic carbocycles. The van der Waals surface area contributed by atoms with Crippen LogP contribution in [0.15, 0.2) is 46.9 Å². The van der Waals surface area contributed by atoms with Crippen LogP contribution in [-0.4, -0.2) is 13.2 Å². The molecule has 0 heterocycles. The highest BCUT2D eigenvalue weighted by molar-refractivity contribution is 9.10. The number of ether oxygens (including phenoxy) is 1. The lowest BCUT2D eigenvalue weighted by Gasteiger charge is -2.11. The van der Waals surface area contributed by atoms with E-state index in [0.717, 1.165) is 15.9 Å². The molecule has 2 rings (SSSR count). The second kappa shape index (κ2) is 7.04. The third-order valence-corrected chi connectivity index (χ3v) is 3.55. The fourth-order valence-electron chi connectivity index (χ4n) is 1.57. The van der Waals surface area contributed by atoms with Crippen molar-refractivity contribution in [2.24, 2.45) is 0 Å². The smallest absolute Gasteiger partial charge is 0.120 e. The van der Waals surface area contributed by atoms with E-state index in [1.807, 2.05) is 30.3 Å². The quantitative estimate of drug-likeness (QED) is 0.735. The highest BCUT2D eigenvalue weighted by Gasteiger charge is 2.04. The van der Waals surface area contributed by atoms with E-state index < -0.39 is 0 Å². The Labute approximate surface area is 130 Å². The van der Waals surface area contributed by atoms with Crippen LogP contribution in [0.5, 0.6) is 5.75 Å². The van der Waals surface area contributed by atoms with Gasteiger partial charge in [-0.2, -0.15) is 0 Å². The van der Waals surface area contributed by atoms with Gasteiger partial charge in [0.05, 0.1) is 15.7 Å². The van der Waals surface area contributed by atoms with Crippen LogP contribution >= 0.6 is 39.1 Å². The summed E-state index contributed by atoms with van der Waals surface area (Å²) in [5, 5.41) is 4.38. The molecule has 100 valence electrons. The Kier molecular flexibility index (Phi) is 5.37. The first-order valence-electron chi connectivity index (χ1n) is 5.73. The predicted octanol–water partition coefficient (Wildman–Crippen LogP) is 5.25. The van der Waals surface area contributed by atoms with E-state index in [4.69, 9.17) is 27.9 Å². The number of benzene rings is 2. The molecule has 0 radical (unpaired) electrons. The lowest BCUT2D eigenvalue weighted by Crippen LogP contribution is -2.12. The third kappa shape index (κ3) is 4.30. The normalized spacial score (nSPS) is 10.3. The van der Waals surface area contributed by atoms with Crippen molar-refractivity contribution in [1.29, 1.82) is 0 Å². The topological polar surface area (TPSA) is 21.3 Å². The summed E-state index contributed by atoms with van der Waals surface area (Å²) >= 11 is 15.5. The summed E-state index contributed by atoms with van der Waals surface area (Å²) in [6.07, 6.45) is 0. The maximum atomic E-state index is 6.05. The Morgan fingerprint density at radius 2 is 1.74 bits per heavy atom. The molecular weight excluding hydrogens is 349 g/mol. The van der Waals surface area contributed by atoms with E-state index >= 15 is 0 Å². The zero-order chi connectivity index (χ0) is 13.7. The maximum absolute atomic E-state index is 6.05. The third-order valence-electron chi connectivity index (χ3n) is 2.43.